The molecule has 0 spiro atoms. The molecule has 2 N–H and O–H groups in total. The largest absolute Gasteiger partial charge is 0.481 e. The Balaban J connectivity index is 0.00000420. The van der Waals surface area contributed by atoms with Crippen LogP contribution in [0.3, 0.4) is 0 Å². The maximum absolute atomic E-state index is 13.4. The van der Waals surface area contributed by atoms with Gasteiger partial charge >= 0.3 is 12.1 Å². The summed E-state index contributed by atoms with van der Waals surface area (Å²) < 4.78 is 40.3. The van der Waals surface area contributed by atoms with Gasteiger partial charge in [-0.25, -0.2) is 0 Å². The zero-order valence-electron chi connectivity index (χ0n) is 21.8. The number of fused-ring (bicyclic) bond motifs is 1. The number of unbranched alkanes of at least 4 members (excludes halogenated alkanes) is 1. The first kappa shape index (κ1) is 30.4. The highest BCUT2D eigenvalue weighted by atomic mass is 35.5. The molecule has 0 radical (unpaired) electrons. The Morgan fingerprint density at radius 3 is 2.44 bits per heavy atom. The number of nitrogens with zero attached hydrogens (tertiary/aromatic N) is 1. The van der Waals surface area contributed by atoms with Crippen LogP contribution in [0, 0.1) is 5.92 Å². The maximum atomic E-state index is 13.4. The molecule has 3 aromatic carbocycles. The van der Waals surface area contributed by atoms with E-state index in [0.717, 1.165) is 22.4 Å². The molecule has 39 heavy (non-hydrogen) atoms. The topological polar surface area (TPSA) is 69.6 Å². The molecule has 3 atom stereocenters. The Morgan fingerprint density at radius 2 is 1.69 bits per heavy atom. The van der Waals surface area contributed by atoms with Gasteiger partial charge in [0.1, 0.15) is 0 Å². The minimum Gasteiger partial charge on any atom is -0.481 e. The molecule has 5 nitrogen and oxygen atoms in total. The fourth-order valence-corrected chi connectivity index (χ4v) is 5.38. The van der Waals surface area contributed by atoms with Gasteiger partial charge in [0.2, 0.25) is 5.91 Å². The van der Waals surface area contributed by atoms with Crippen LogP contribution in [0.15, 0.2) is 66.7 Å². The van der Waals surface area contributed by atoms with Crippen molar-refractivity contribution in [3.05, 3.63) is 83.4 Å². The van der Waals surface area contributed by atoms with Gasteiger partial charge in [-0.15, -0.1) is 12.4 Å². The average molecular weight is 563 g/mol. The lowest BCUT2D eigenvalue weighted by Crippen LogP contribution is -2.31. The number of carbonyl (C=O) groups is 2. The van der Waals surface area contributed by atoms with Crippen LogP contribution < -0.4 is 5.32 Å². The van der Waals surface area contributed by atoms with Crippen molar-refractivity contribution in [3.8, 4) is 0 Å². The van der Waals surface area contributed by atoms with E-state index in [2.05, 4.69) is 36.5 Å². The number of benzene rings is 3. The van der Waals surface area contributed by atoms with Gasteiger partial charge in [0.15, 0.2) is 0 Å². The van der Waals surface area contributed by atoms with Gasteiger partial charge in [0, 0.05) is 44.4 Å². The summed E-state index contributed by atoms with van der Waals surface area (Å²) in [6.45, 7) is 3.39. The quantitative estimate of drug-likeness (QED) is 0.266. The molecule has 3 aromatic rings. The zero-order chi connectivity index (χ0) is 27.3. The number of hydrogen-bond acceptors (Lipinski definition) is 3. The Hall–Kier alpha value is -3.10. The number of amides is 1. The van der Waals surface area contributed by atoms with E-state index < -0.39 is 17.7 Å². The molecule has 1 aliphatic heterocycles. The van der Waals surface area contributed by atoms with Gasteiger partial charge in [-0.3, -0.25) is 9.59 Å². The molecule has 0 unspecified atom stereocenters. The highest BCUT2D eigenvalue weighted by molar-refractivity contribution is 5.86. The summed E-state index contributed by atoms with van der Waals surface area (Å²) in [5, 5.41) is 14.7. The number of carboxylic acid groups (broad SMARTS) is 1. The van der Waals surface area contributed by atoms with E-state index in [4.69, 9.17) is 5.11 Å². The number of halogens is 4. The predicted octanol–water partition coefficient (Wildman–Crippen LogP) is 6.82. The molecule has 9 heteroatoms. The first-order valence-electron chi connectivity index (χ1n) is 13.0. The highest BCUT2D eigenvalue weighted by Gasteiger charge is 2.37. The Bertz CT molecular complexity index is 1280. The highest BCUT2D eigenvalue weighted by Crippen LogP contribution is 2.37. The van der Waals surface area contributed by atoms with Crippen molar-refractivity contribution in [2.75, 3.05) is 19.6 Å². The summed E-state index contributed by atoms with van der Waals surface area (Å²) in [5.74, 6) is -1.29. The van der Waals surface area contributed by atoms with Crippen molar-refractivity contribution in [2.24, 2.45) is 5.92 Å². The van der Waals surface area contributed by atoms with E-state index in [-0.39, 0.29) is 49.0 Å². The molecule has 1 saturated heterocycles. The molecular formula is C30H34ClF3N2O3. The van der Waals surface area contributed by atoms with Crippen molar-refractivity contribution in [1.29, 1.82) is 0 Å². The number of carboxylic acids is 1. The molecule has 0 aliphatic carbocycles. The minimum absolute atomic E-state index is 0. The summed E-state index contributed by atoms with van der Waals surface area (Å²) in [6, 6.07) is 19.7. The molecule has 0 bridgehead atoms. The second kappa shape index (κ2) is 13.3. The molecule has 1 fully saturated rings. The first-order chi connectivity index (χ1) is 18.1. The summed E-state index contributed by atoms with van der Waals surface area (Å²) in [6.07, 6.45) is -3.31. The normalized spacial score (nSPS) is 18.1. The molecule has 4 rings (SSSR count). The van der Waals surface area contributed by atoms with Crippen molar-refractivity contribution >= 4 is 35.1 Å². The van der Waals surface area contributed by atoms with Crippen LogP contribution in [-0.2, 0) is 15.8 Å². The molecular weight excluding hydrogens is 529 g/mol. The summed E-state index contributed by atoms with van der Waals surface area (Å²) in [4.78, 5) is 25.4. The van der Waals surface area contributed by atoms with Crippen LogP contribution in [0.5, 0.6) is 0 Å². The van der Waals surface area contributed by atoms with Crippen molar-refractivity contribution in [2.45, 2.75) is 50.7 Å². The summed E-state index contributed by atoms with van der Waals surface area (Å²) in [5.41, 5.74) is 1.03. The molecule has 1 aliphatic rings. The smallest absolute Gasteiger partial charge is 0.416 e. The lowest BCUT2D eigenvalue weighted by molar-refractivity contribution is -0.138. The third-order valence-corrected chi connectivity index (χ3v) is 7.44. The average Bonchev–Trinajstić information content (AvgIpc) is 3.33. The number of aliphatic carboxylic acids is 1. The molecule has 0 saturated carbocycles. The van der Waals surface area contributed by atoms with E-state index in [1.54, 1.807) is 11.0 Å². The lowest BCUT2D eigenvalue weighted by atomic mass is 9.87. The standard InChI is InChI=1S/C30H33F3N2O3.ClH/c1-20(25-13-7-9-21-8-2-3-12-26(21)25)34-17-23-18-35(28(36)14-4-5-15-29(37)38)19-27(23)22-10-6-11-24(16-22)30(31,32)33;/h2-3,6-13,16,20,23,27,34H,4-5,14-15,17-19H2,1H3,(H,37,38);1H/t20-,23-,27-;/m1./s1. The number of nitrogens with one attached hydrogen (secondary N) is 1. The van der Waals surface area contributed by atoms with E-state index in [0.29, 0.717) is 38.0 Å². The lowest BCUT2D eigenvalue weighted by Gasteiger charge is -2.23. The second-order valence-electron chi connectivity index (χ2n) is 10.1. The number of carbonyl (C=O) groups excluding carboxylic acids is 1. The Labute approximate surface area is 232 Å². The zero-order valence-corrected chi connectivity index (χ0v) is 22.6. The van der Waals surface area contributed by atoms with E-state index >= 15 is 0 Å². The van der Waals surface area contributed by atoms with Crippen molar-refractivity contribution in [1.82, 2.24) is 10.2 Å². The molecule has 1 heterocycles. The number of alkyl halides is 3. The molecule has 210 valence electrons. The summed E-state index contributed by atoms with van der Waals surface area (Å²) >= 11 is 0. The Kier molecular flexibility index (Phi) is 10.4. The van der Waals surface area contributed by atoms with Gasteiger partial charge in [-0.1, -0.05) is 60.7 Å². The third-order valence-electron chi connectivity index (χ3n) is 7.44. The molecule has 1 amide bonds. The van der Waals surface area contributed by atoms with Crippen LogP contribution in [0.1, 0.15) is 61.3 Å². The minimum atomic E-state index is -4.44. The van der Waals surface area contributed by atoms with Crippen LogP contribution in [0.4, 0.5) is 13.2 Å². The van der Waals surface area contributed by atoms with Crippen LogP contribution in [-0.4, -0.2) is 41.5 Å². The predicted molar refractivity (Wildman–Crippen MR) is 148 cm³/mol. The van der Waals surface area contributed by atoms with Gasteiger partial charge in [0.25, 0.3) is 0 Å². The second-order valence-corrected chi connectivity index (χ2v) is 10.1. The first-order valence-corrected chi connectivity index (χ1v) is 13.0. The van der Waals surface area contributed by atoms with Gasteiger partial charge in [0.05, 0.1) is 5.56 Å². The maximum Gasteiger partial charge on any atom is 0.416 e. The fraction of sp³-hybridized carbons (Fsp3) is 0.400. The number of likely N-dealkylation sites (tertiary alicyclic amines) is 1. The van der Waals surface area contributed by atoms with Crippen LogP contribution in [0.25, 0.3) is 10.8 Å². The van der Waals surface area contributed by atoms with Gasteiger partial charge < -0.3 is 15.3 Å². The molecule has 0 aromatic heterocycles. The van der Waals surface area contributed by atoms with Gasteiger partial charge in [-0.05, 0) is 53.6 Å². The van der Waals surface area contributed by atoms with Crippen molar-refractivity contribution in [3.63, 3.8) is 0 Å². The van der Waals surface area contributed by atoms with E-state index in [9.17, 15) is 22.8 Å². The SMILES string of the molecule is C[C@@H](NC[C@@H]1CN(C(=O)CCCCC(=O)O)C[C@@H]1c1cccc(C(F)(F)F)c1)c1cccc2ccccc12.Cl. The van der Waals surface area contributed by atoms with Crippen molar-refractivity contribution < 1.29 is 27.9 Å². The van der Waals surface area contributed by atoms with Gasteiger partial charge in [-0.2, -0.15) is 13.2 Å². The summed E-state index contributed by atoms with van der Waals surface area (Å²) in [7, 11) is 0. The van der Waals surface area contributed by atoms with E-state index in [1.807, 2.05) is 18.2 Å². The monoisotopic (exact) mass is 562 g/mol. The van der Waals surface area contributed by atoms with Crippen LogP contribution in [0.2, 0.25) is 0 Å². The number of rotatable bonds is 10. The third kappa shape index (κ3) is 7.73. The number of hydrogen-bond donors (Lipinski definition) is 2. The van der Waals surface area contributed by atoms with Crippen LogP contribution >= 0.6 is 12.4 Å². The Morgan fingerprint density at radius 1 is 1.00 bits per heavy atom. The van der Waals surface area contributed by atoms with E-state index in [1.165, 1.54) is 12.1 Å². The fourth-order valence-electron chi connectivity index (χ4n) is 5.38.